The summed E-state index contributed by atoms with van der Waals surface area (Å²) in [5.41, 5.74) is 9.24. The second-order valence-corrected chi connectivity index (χ2v) is 3.96. The second-order valence-electron chi connectivity index (χ2n) is 3.96. The van der Waals surface area contributed by atoms with E-state index >= 15 is 0 Å². The summed E-state index contributed by atoms with van der Waals surface area (Å²) in [6.45, 7) is 1.92. The van der Waals surface area contributed by atoms with Gasteiger partial charge in [0.15, 0.2) is 5.82 Å². The molecular weight excluding hydrogens is 200 g/mol. The van der Waals surface area contributed by atoms with Crippen molar-refractivity contribution >= 4 is 17.0 Å². The Kier molecular flexibility index (Phi) is 2.15. The highest BCUT2D eigenvalue weighted by Crippen LogP contribution is 2.26. The number of fused-ring (bicyclic) bond motifs is 1. The number of anilines is 1. The highest BCUT2D eigenvalue weighted by Gasteiger charge is 2.14. The van der Waals surface area contributed by atoms with Crippen molar-refractivity contribution in [3.05, 3.63) is 36.2 Å². The summed E-state index contributed by atoms with van der Waals surface area (Å²) >= 11 is 0. The molecule has 0 unspecified atom stereocenters. The molecule has 0 atom stereocenters. The average Bonchev–Trinajstić information content (AvgIpc) is 2.66. The zero-order valence-corrected chi connectivity index (χ0v) is 8.98. The van der Waals surface area contributed by atoms with Gasteiger partial charge in [-0.2, -0.15) is 0 Å². The van der Waals surface area contributed by atoms with Gasteiger partial charge in [0.1, 0.15) is 5.65 Å². The summed E-state index contributed by atoms with van der Waals surface area (Å²) in [4.78, 5) is 4.37. The molecular formula is C12H14N4. The molecule has 3 N–H and O–H groups in total. The van der Waals surface area contributed by atoms with Gasteiger partial charge in [0.25, 0.3) is 0 Å². The standard InChI is InChI=1S/C12H14N4/c13-12-11(9-4-6-14-7-5-9)16-8-2-1-3-10(16)15-12/h1-4,8,14H,5-7,13H2. The number of hydrogen-bond donors (Lipinski definition) is 2. The molecule has 16 heavy (non-hydrogen) atoms. The van der Waals surface area contributed by atoms with Gasteiger partial charge in [0.2, 0.25) is 0 Å². The van der Waals surface area contributed by atoms with E-state index in [1.165, 1.54) is 5.57 Å². The van der Waals surface area contributed by atoms with Crippen LogP contribution < -0.4 is 11.1 Å². The Morgan fingerprint density at radius 1 is 1.38 bits per heavy atom. The third kappa shape index (κ3) is 1.39. The quantitative estimate of drug-likeness (QED) is 0.752. The van der Waals surface area contributed by atoms with E-state index in [1.54, 1.807) is 0 Å². The molecule has 0 bridgehead atoms. The van der Waals surface area contributed by atoms with Crippen molar-refractivity contribution < 1.29 is 0 Å². The van der Waals surface area contributed by atoms with Crippen molar-refractivity contribution in [1.82, 2.24) is 14.7 Å². The second kappa shape index (κ2) is 3.64. The number of aromatic nitrogens is 2. The van der Waals surface area contributed by atoms with Crippen molar-refractivity contribution in [2.24, 2.45) is 0 Å². The Labute approximate surface area is 93.8 Å². The molecule has 82 valence electrons. The molecule has 3 rings (SSSR count). The largest absolute Gasteiger partial charge is 0.382 e. The van der Waals surface area contributed by atoms with Crippen LogP contribution >= 0.6 is 0 Å². The predicted molar refractivity (Wildman–Crippen MR) is 65.1 cm³/mol. The SMILES string of the molecule is Nc1nc2ccccn2c1C1=CCNCC1. The third-order valence-corrected chi connectivity index (χ3v) is 2.92. The lowest BCUT2D eigenvalue weighted by molar-refractivity contribution is 0.736. The molecule has 0 fully saturated rings. The number of rotatable bonds is 1. The molecule has 3 heterocycles. The zero-order valence-electron chi connectivity index (χ0n) is 8.98. The molecule has 1 aliphatic heterocycles. The molecule has 0 saturated carbocycles. The normalized spacial score (nSPS) is 16.4. The molecule has 0 aliphatic carbocycles. The molecule has 0 aromatic carbocycles. The minimum absolute atomic E-state index is 0.624. The van der Waals surface area contributed by atoms with Crippen LogP contribution in [0.4, 0.5) is 5.82 Å². The number of imidazole rings is 1. The molecule has 0 radical (unpaired) electrons. The molecule has 0 spiro atoms. The van der Waals surface area contributed by atoms with Gasteiger partial charge in [-0.3, -0.25) is 4.40 Å². The van der Waals surface area contributed by atoms with Crippen molar-refractivity contribution in [3.63, 3.8) is 0 Å². The van der Waals surface area contributed by atoms with Gasteiger partial charge in [-0.05, 0) is 30.7 Å². The minimum Gasteiger partial charge on any atom is -0.382 e. The summed E-state index contributed by atoms with van der Waals surface area (Å²) < 4.78 is 2.06. The highest BCUT2D eigenvalue weighted by atomic mass is 15.1. The first kappa shape index (κ1) is 9.42. The fourth-order valence-electron chi connectivity index (χ4n) is 2.17. The van der Waals surface area contributed by atoms with E-state index in [4.69, 9.17) is 5.73 Å². The lowest BCUT2D eigenvalue weighted by atomic mass is 10.1. The van der Waals surface area contributed by atoms with Gasteiger partial charge < -0.3 is 11.1 Å². The molecule has 1 aliphatic rings. The summed E-state index contributed by atoms with van der Waals surface area (Å²) in [6.07, 6.45) is 5.21. The van der Waals surface area contributed by atoms with E-state index in [1.807, 2.05) is 24.4 Å². The number of pyridine rings is 1. The van der Waals surface area contributed by atoms with Crippen LogP contribution in [0.25, 0.3) is 11.2 Å². The van der Waals surface area contributed by atoms with E-state index in [-0.39, 0.29) is 0 Å². The first-order valence-electron chi connectivity index (χ1n) is 5.49. The lowest BCUT2D eigenvalue weighted by Crippen LogP contribution is -2.20. The van der Waals surface area contributed by atoms with Crippen LogP contribution in [0.2, 0.25) is 0 Å². The fourth-order valence-corrected chi connectivity index (χ4v) is 2.17. The van der Waals surface area contributed by atoms with E-state index in [0.717, 1.165) is 30.9 Å². The van der Waals surface area contributed by atoms with Crippen molar-refractivity contribution in [2.75, 3.05) is 18.8 Å². The third-order valence-electron chi connectivity index (χ3n) is 2.92. The molecule has 4 heteroatoms. The Bertz CT molecular complexity index is 553. The van der Waals surface area contributed by atoms with E-state index < -0.39 is 0 Å². The van der Waals surface area contributed by atoms with Gasteiger partial charge in [-0.15, -0.1) is 0 Å². The fraction of sp³-hybridized carbons (Fsp3) is 0.250. The maximum atomic E-state index is 5.99. The van der Waals surface area contributed by atoms with Crippen LogP contribution in [0.3, 0.4) is 0 Å². The lowest BCUT2D eigenvalue weighted by Gasteiger charge is -2.14. The predicted octanol–water partition coefficient (Wildman–Crippen LogP) is 1.29. The van der Waals surface area contributed by atoms with E-state index in [2.05, 4.69) is 20.8 Å². The number of nitrogens with one attached hydrogen (secondary N) is 1. The molecule has 4 nitrogen and oxygen atoms in total. The van der Waals surface area contributed by atoms with Gasteiger partial charge in [-0.1, -0.05) is 12.1 Å². The van der Waals surface area contributed by atoms with Gasteiger partial charge in [0, 0.05) is 12.7 Å². The minimum atomic E-state index is 0.624. The summed E-state index contributed by atoms with van der Waals surface area (Å²) in [6, 6.07) is 5.95. The molecule has 0 saturated heterocycles. The number of nitrogens with two attached hydrogens (primary N) is 1. The van der Waals surface area contributed by atoms with Crippen LogP contribution in [0.5, 0.6) is 0 Å². The Hall–Kier alpha value is -1.81. The van der Waals surface area contributed by atoms with E-state index in [0.29, 0.717) is 5.82 Å². The summed E-state index contributed by atoms with van der Waals surface area (Å²) in [5.74, 6) is 0.624. The van der Waals surface area contributed by atoms with Crippen molar-refractivity contribution in [2.45, 2.75) is 6.42 Å². The smallest absolute Gasteiger partial charge is 0.150 e. The Balaban J connectivity index is 2.21. The van der Waals surface area contributed by atoms with Crippen LogP contribution in [0, 0.1) is 0 Å². The first-order chi connectivity index (χ1) is 7.86. The number of nitrogens with zero attached hydrogens (tertiary/aromatic N) is 2. The Morgan fingerprint density at radius 3 is 3.12 bits per heavy atom. The maximum Gasteiger partial charge on any atom is 0.150 e. The monoisotopic (exact) mass is 214 g/mol. The summed E-state index contributed by atoms with van der Waals surface area (Å²) in [5, 5.41) is 3.30. The molecule has 2 aromatic rings. The first-order valence-corrected chi connectivity index (χ1v) is 5.49. The van der Waals surface area contributed by atoms with E-state index in [9.17, 15) is 0 Å². The van der Waals surface area contributed by atoms with Crippen LogP contribution in [0.15, 0.2) is 30.5 Å². The zero-order chi connectivity index (χ0) is 11.0. The topological polar surface area (TPSA) is 55.3 Å². The van der Waals surface area contributed by atoms with Crippen molar-refractivity contribution in [3.8, 4) is 0 Å². The van der Waals surface area contributed by atoms with Gasteiger partial charge in [0.05, 0.1) is 5.69 Å². The number of nitrogen functional groups attached to an aromatic ring is 1. The van der Waals surface area contributed by atoms with Crippen LogP contribution in [0.1, 0.15) is 12.1 Å². The van der Waals surface area contributed by atoms with Gasteiger partial charge >= 0.3 is 0 Å². The Morgan fingerprint density at radius 2 is 2.31 bits per heavy atom. The van der Waals surface area contributed by atoms with Crippen LogP contribution in [-0.4, -0.2) is 22.5 Å². The van der Waals surface area contributed by atoms with Gasteiger partial charge in [-0.25, -0.2) is 4.98 Å². The summed E-state index contributed by atoms with van der Waals surface area (Å²) in [7, 11) is 0. The van der Waals surface area contributed by atoms with Crippen molar-refractivity contribution in [1.29, 1.82) is 0 Å². The highest BCUT2D eigenvalue weighted by molar-refractivity contribution is 5.74. The molecule has 2 aromatic heterocycles. The maximum absolute atomic E-state index is 5.99. The van der Waals surface area contributed by atoms with Crippen LogP contribution in [-0.2, 0) is 0 Å². The number of hydrogen-bond acceptors (Lipinski definition) is 3. The molecule has 0 amide bonds. The average molecular weight is 214 g/mol.